The van der Waals surface area contributed by atoms with Gasteiger partial charge >= 0.3 is 0 Å². The number of aliphatic hydroxyl groups excluding tert-OH is 1. The summed E-state index contributed by atoms with van der Waals surface area (Å²) in [4.78, 5) is 17.6. The van der Waals surface area contributed by atoms with Crippen LogP contribution >= 0.6 is 0 Å². The Morgan fingerprint density at radius 2 is 1.68 bits per heavy atom. The number of amides is 1. The number of pyridine rings is 1. The molecule has 1 amide bonds. The minimum absolute atomic E-state index is 0.0453. The van der Waals surface area contributed by atoms with Crippen molar-refractivity contribution < 1.29 is 18.7 Å². The first kappa shape index (κ1) is 27.1. The Morgan fingerprint density at radius 1 is 0.921 bits per heavy atom. The minimum atomic E-state index is -1.02. The van der Waals surface area contributed by atoms with E-state index in [1.54, 1.807) is 30.6 Å². The second-order valence-electron chi connectivity index (χ2n) is 9.22. The topological polar surface area (TPSA) is 74.2 Å². The van der Waals surface area contributed by atoms with Gasteiger partial charge in [-0.3, -0.25) is 9.78 Å². The average molecular weight is 516 g/mol. The number of rotatable bonds is 11. The van der Waals surface area contributed by atoms with Gasteiger partial charge in [0.25, 0.3) is 5.91 Å². The number of aromatic nitrogens is 1. The molecule has 1 heterocycles. The van der Waals surface area contributed by atoms with Gasteiger partial charge in [-0.1, -0.05) is 55.5 Å². The molecule has 7 heteroatoms. The van der Waals surface area contributed by atoms with E-state index in [-0.39, 0.29) is 13.0 Å². The first-order valence-corrected chi connectivity index (χ1v) is 12.6. The van der Waals surface area contributed by atoms with Gasteiger partial charge in [-0.2, -0.15) is 0 Å². The fourth-order valence-electron chi connectivity index (χ4n) is 4.43. The lowest BCUT2D eigenvalue weighted by atomic mass is 9.97. The number of nitrogens with one attached hydrogen (secondary N) is 2. The number of benzene rings is 3. The van der Waals surface area contributed by atoms with Crippen LogP contribution in [0.3, 0.4) is 0 Å². The Kier molecular flexibility index (Phi) is 9.30. The molecule has 4 rings (SSSR count). The van der Waals surface area contributed by atoms with Crippen molar-refractivity contribution in [3.63, 3.8) is 0 Å². The Morgan fingerprint density at radius 3 is 2.42 bits per heavy atom. The van der Waals surface area contributed by atoms with Crippen LogP contribution in [0.5, 0.6) is 0 Å². The molecule has 0 saturated heterocycles. The number of aliphatic hydroxyl groups is 1. The van der Waals surface area contributed by atoms with Crippen LogP contribution in [0.1, 0.15) is 34.0 Å². The van der Waals surface area contributed by atoms with Crippen LogP contribution in [-0.4, -0.2) is 34.7 Å². The highest BCUT2D eigenvalue weighted by Crippen LogP contribution is 2.23. The molecular weight excluding hydrogens is 484 g/mol. The molecule has 0 aliphatic heterocycles. The van der Waals surface area contributed by atoms with E-state index < -0.39 is 29.7 Å². The number of halogens is 2. The van der Waals surface area contributed by atoms with Gasteiger partial charge in [0, 0.05) is 42.7 Å². The average Bonchev–Trinajstić information content (AvgIpc) is 2.92. The summed E-state index contributed by atoms with van der Waals surface area (Å²) < 4.78 is 27.8. The lowest BCUT2D eigenvalue weighted by molar-refractivity contribution is 0.0830. The summed E-state index contributed by atoms with van der Waals surface area (Å²) in [5.74, 6) is -1.83. The van der Waals surface area contributed by atoms with E-state index in [0.717, 1.165) is 23.6 Å². The summed E-state index contributed by atoms with van der Waals surface area (Å²) in [7, 11) is 0. The minimum Gasteiger partial charge on any atom is -0.390 e. The predicted octanol–water partition coefficient (Wildman–Crippen LogP) is 5.08. The highest BCUT2D eigenvalue weighted by Gasteiger charge is 2.24. The van der Waals surface area contributed by atoms with Crippen LogP contribution < -0.4 is 10.6 Å². The van der Waals surface area contributed by atoms with E-state index in [4.69, 9.17) is 0 Å². The molecule has 38 heavy (non-hydrogen) atoms. The molecule has 3 aromatic carbocycles. The maximum atomic E-state index is 13.9. The molecule has 0 radical (unpaired) electrons. The van der Waals surface area contributed by atoms with E-state index in [1.807, 2.05) is 30.3 Å². The normalized spacial score (nSPS) is 12.6. The van der Waals surface area contributed by atoms with Crippen LogP contribution in [0.4, 0.5) is 8.78 Å². The van der Waals surface area contributed by atoms with Gasteiger partial charge in [0.1, 0.15) is 11.6 Å². The van der Waals surface area contributed by atoms with Crippen molar-refractivity contribution in [2.45, 2.75) is 38.5 Å². The van der Waals surface area contributed by atoms with Crippen molar-refractivity contribution in [1.29, 1.82) is 0 Å². The summed E-state index contributed by atoms with van der Waals surface area (Å²) in [5.41, 5.74) is 4.51. The Labute approximate surface area is 221 Å². The molecule has 0 fully saturated rings. The van der Waals surface area contributed by atoms with Crippen LogP contribution in [0, 0.1) is 11.6 Å². The van der Waals surface area contributed by atoms with Crippen LogP contribution in [0.25, 0.3) is 11.1 Å². The molecule has 2 atom stereocenters. The zero-order valence-electron chi connectivity index (χ0n) is 21.2. The number of hydrogen-bond acceptors (Lipinski definition) is 4. The summed E-state index contributed by atoms with van der Waals surface area (Å²) in [6, 6.07) is 21.3. The van der Waals surface area contributed by atoms with Crippen molar-refractivity contribution in [1.82, 2.24) is 15.6 Å². The number of aryl methyl sites for hydroxylation is 1. The molecule has 5 nitrogen and oxygen atoms in total. The Balaban J connectivity index is 1.52. The monoisotopic (exact) mass is 515 g/mol. The molecule has 0 aliphatic carbocycles. The zero-order chi connectivity index (χ0) is 26.9. The zero-order valence-corrected chi connectivity index (χ0v) is 21.2. The lowest BCUT2D eigenvalue weighted by Crippen LogP contribution is -2.48. The van der Waals surface area contributed by atoms with Gasteiger partial charge in [0.15, 0.2) is 0 Å². The first-order chi connectivity index (χ1) is 18.4. The van der Waals surface area contributed by atoms with Gasteiger partial charge in [-0.15, -0.1) is 0 Å². The summed E-state index contributed by atoms with van der Waals surface area (Å²) >= 11 is 0. The largest absolute Gasteiger partial charge is 0.390 e. The highest BCUT2D eigenvalue weighted by molar-refractivity contribution is 6.01. The second-order valence-corrected chi connectivity index (χ2v) is 9.22. The molecule has 0 spiro atoms. The summed E-state index contributed by atoms with van der Waals surface area (Å²) in [6.45, 7) is 2.79. The van der Waals surface area contributed by atoms with Gasteiger partial charge in [0.2, 0.25) is 0 Å². The van der Waals surface area contributed by atoms with E-state index in [9.17, 15) is 18.7 Å². The SMILES string of the molecule is CCc1cccc(CNC[C@@H](O)[C@H](Cc2cc(F)cc(F)c2)NC(=O)c2ccccc2-c2cccnc2)c1. The molecule has 0 aliphatic rings. The van der Waals surface area contributed by atoms with Crippen molar-refractivity contribution >= 4 is 5.91 Å². The molecular formula is C31H31F2N3O2. The molecule has 0 unspecified atom stereocenters. The predicted molar refractivity (Wildman–Crippen MR) is 145 cm³/mol. The number of hydrogen-bond donors (Lipinski definition) is 3. The van der Waals surface area contributed by atoms with Crippen molar-refractivity contribution in [2.24, 2.45) is 0 Å². The maximum absolute atomic E-state index is 13.9. The maximum Gasteiger partial charge on any atom is 0.252 e. The fourth-order valence-corrected chi connectivity index (χ4v) is 4.43. The van der Waals surface area contributed by atoms with E-state index >= 15 is 0 Å². The van der Waals surface area contributed by atoms with Crippen LogP contribution in [0.15, 0.2) is 91.3 Å². The third-order valence-corrected chi connectivity index (χ3v) is 6.39. The van der Waals surface area contributed by atoms with Crippen LogP contribution in [-0.2, 0) is 19.4 Å². The van der Waals surface area contributed by atoms with Gasteiger partial charge in [-0.05, 0) is 59.4 Å². The van der Waals surface area contributed by atoms with Crippen LogP contribution in [0.2, 0.25) is 0 Å². The lowest BCUT2D eigenvalue weighted by Gasteiger charge is -2.25. The summed E-state index contributed by atoms with van der Waals surface area (Å²) in [5, 5.41) is 17.2. The fraction of sp³-hybridized carbons (Fsp3) is 0.226. The molecule has 0 saturated carbocycles. The molecule has 196 valence electrons. The molecule has 4 aromatic rings. The van der Waals surface area contributed by atoms with E-state index in [0.29, 0.717) is 23.2 Å². The second kappa shape index (κ2) is 13.0. The summed E-state index contributed by atoms with van der Waals surface area (Å²) in [6.07, 6.45) is 3.28. The van der Waals surface area contributed by atoms with Crippen molar-refractivity contribution in [3.8, 4) is 11.1 Å². The van der Waals surface area contributed by atoms with Gasteiger partial charge in [0.05, 0.1) is 12.1 Å². The molecule has 1 aromatic heterocycles. The standard InChI is InChI=1S/C31H31F2N3O2/c1-2-21-7-5-8-22(13-21)18-35-20-30(37)29(16-23-14-25(32)17-26(33)15-23)36-31(38)28-11-4-3-10-27(28)24-9-6-12-34-19-24/h3-15,17,19,29-30,35,37H,2,16,18,20H2,1H3,(H,36,38)/t29-,30+/m0/s1. The number of nitrogens with zero attached hydrogens (tertiary/aromatic N) is 1. The third-order valence-electron chi connectivity index (χ3n) is 6.39. The first-order valence-electron chi connectivity index (χ1n) is 12.6. The third kappa shape index (κ3) is 7.31. The van der Waals surface area contributed by atoms with Gasteiger partial charge in [-0.25, -0.2) is 8.78 Å². The quantitative estimate of drug-likeness (QED) is 0.260. The van der Waals surface area contributed by atoms with E-state index in [2.05, 4.69) is 34.7 Å². The van der Waals surface area contributed by atoms with Gasteiger partial charge < -0.3 is 15.7 Å². The molecule has 0 bridgehead atoms. The molecule has 3 N–H and O–H groups in total. The Hall–Kier alpha value is -3.94. The highest BCUT2D eigenvalue weighted by atomic mass is 19.1. The van der Waals surface area contributed by atoms with E-state index in [1.165, 1.54) is 17.7 Å². The Bertz CT molecular complexity index is 1340. The van der Waals surface area contributed by atoms with Crippen molar-refractivity contribution in [2.75, 3.05) is 6.54 Å². The smallest absolute Gasteiger partial charge is 0.252 e. The van der Waals surface area contributed by atoms with Crippen molar-refractivity contribution in [3.05, 3.63) is 125 Å². The number of carbonyl (C=O) groups is 1. The number of carbonyl (C=O) groups excluding carboxylic acids is 1.